The molecule has 6 nitrogen and oxygen atoms in total. The van der Waals surface area contributed by atoms with E-state index >= 15 is 0 Å². The number of hydrogen-bond acceptors (Lipinski definition) is 6. The van der Waals surface area contributed by atoms with Crippen LogP contribution in [0.5, 0.6) is 23.3 Å². The van der Waals surface area contributed by atoms with E-state index in [1.807, 2.05) is 36.7 Å². The molecule has 0 radical (unpaired) electrons. The summed E-state index contributed by atoms with van der Waals surface area (Å²) in [6, 6.07) is 20.8. The van der Waals surface area contributed by atoms with Crippen molar-refractivity contribution in [2.24, 2.45) is 0 Å². The molecule has 2 heterocycles. The zero-order chi connectivity index (χ0) is 24.6. The molecule has 0 saturated heterocycles. The monoisotopic (exact) mass is 583 g/mol. The second-order valence-electron chi connectivity index (χ2n) is 7.78. The van der Waals surface area contributed by atoms with Crippen LogP contribution >= 0.6 is 0 Å². The fourth-order valence-corrected chi connectivity index (χ4v) is 6.23. The lowest BCUT2D eigenvalue weighted by atomic mass is 10.1. The molecule has 7 heteroatoms. The Kier molecular flexibility index (Phi) is 8.41. The summed E-state index contributed by atoms with van der Waals surface area (Å²) in [7, 11) is 6.67. The minimum absolute atomic E-state index is 0.392. The molecule has 4 rings (SSSR count). The van der Waals surface area contributed by atoms with Crippen molar-refractivity contribution in [2.75, 3.05) is 28.4 Å². The van der Waals surface area contributed by atoms with Crippen LogP contribution in [-0.4, -0.2) is 38.4 Å². The number of benzene rings is 2. The van der Waals surface area contributed by atoms with Gasteiger partial charge in [0.1, 0.15) is 11.5 Å². The van der Waals surface area contributed by atoms with Crippen LogP contribution in [0.25, 0.3) is 0 Å². The quantitative estimate of drug-likeness (QED) is 0.266. The zero-order valence-electron chi connectivity index (χ0n) is 20.2. The van der Waals surface area contributed by atoms with Crippen molar-refractivity contribution in [3.8, 4) is 23.3 Å². The maximum absolute atomic E-state index is 5.64. The Bertz CT molecular complexity index is 1160. The summed E-state index contributed by atoms with van der Waals surface area (Å²) in [5.41, 5.74) is 4.52. The largest absolute Gasteiger partial charge is 0.496 e. The van der Waals surface area contributed by atoms with Crippen LogP contribution in [0.3, 0.4) is 0 Å². The van der Waals surface area contributed by atoms with Gasteiger partial charge >= 0.3 is 21.2 Å². The minimum Gasteiger partial charge on any atom is -0.496 e. The molecule has 0 aliphatic rings. The lowest BCUT2D eigenvalue weighted by Gasteiger charge is -2.09. The number of halogens is 1. The summed E-state index contributed by atoms with van der Waals surface area (Å²) in [6.45, 7) is 0. The Morgan fingerprint density at radius 3 is 1.37 bits per heavy atom. The summed E-state index contributed by atoms with van der Waals surface area (Å²) in [5.74, 6) is 2.99. The topological polar surface area (TPSA) is 62.7 Å². The molecule has 0 aliphatic heterocycles. The fraction of sp³-hybridized carbons (Fsp3) is 0.214. The third kappa shape index (κ3) is 6.42. The molecule has 0 spiro atoms. The van der Waals surface area contributed by atoms with E-state index in [1.165, 1.54) is 7.14 Å². The lowest BCUT2D eigenvalue weighted by molar-refractivity contribution is -0.597. The summed E-state index contributed by atoms with van der Waals surface area (Å²) in [5, 5.41) is 0. The maximum Gasteiger partial charge on any atom is 0.357 e. The van der Waals surface area contributed by atoms with Crippen molar-refractivity contribution in [3.05, 3.63) is 102 Å². The first-order chi connectivity index (χ1) is 17.1. The van der Waals surface area contributed by atoms with E-state index in [2.05, 4.69) is 46.4 Å². The van der Waals surface area contributed by atoms with Gasteiger partial charge in [-0.3, -0.25) is 0 Å². The summed E-state index contributed by atoms with van der Waals surface area (Å²) < 4.78 is 24.3. The normalized spacial score (nSPS) is 10.6. The predicted molar refractivity (Wildman–Crippen MR) is 131 cm³/mol. The first kappa shape index (κ1) is 24.8. The molecule has 2 aromatic heterocycles. The highest BCUT2D eigenvalue weighted by Crippen LogP contribution is 2.23. The van der Waals surface area contributed by atoms with Crippen molar-refractivity contribution in [3.63, 3.8) is 0 Å². The van der Waals surface area contributed by atoms with E-state index in [0.29, 0.717) is 11.8 Å². The SMILES string of the molecule is COc1ccc(Cc2cc([I+]c3ccc(OC)c(Cc4ccc(OC)nc4)c3)ccc2OC)cn1. The molecular weight excluding hydrogens is 555 g/mol. The van der Waals surface area contributed by atoms with Crippen molar-refractivity contribution in [1.29, 1.82) is 0 Å². The number of hydrogen-bond donors (Lipinski definition) is 0. The van der Waals surface area contributed by atoms with Crippen LogP contribution < -0.4 is 40.2 Å². The molecular formula is C28H28IN2O4+. The first-order valence-electron chi connectivity index (χ1n) is 11.1. The fourth-order valence-electron chi connectivity index (χ4n) is 3.73. The minimum atomic E-state index is -0.392. The highest BCUT2D eigenvalue weighted by atomic mass is 127. The van der Waals surface area contributed by atoms with Gasteiger partial charge in [-0.15, -0.1) is 0 Å². The molecule has 0 amide bonds. The van der Waals surface area contributed by atoms with Crippen molar-refractivity contribution in [1.82, 2.24) is 9.97 Å². The maximum atomic E-state index is 5.64. The van der Waals surface area contributed by atoms with E-state index in [1.54, 1.807) is 28.4 Å². The zero-order valence-corrected chi connectivity index (χ0v) is 22.4. The van der Waals surface area contributed by atoms with Crippen molar-refractivity contribution in [2.45, 2.75) is 12.8 Å². The first-order valence-corrected chi connectivity index (χ1v) is 13.2. The van der Waals surface area contributed by atoms with Crippen LogP contribution in [0.4, 0.5) is 0 Å². The number of pyridine rings is 2. The molecule has 4 aromatic rings. The van der Waals surface area contributed by atoms with Crippen LogP contribution in [0.1, 0.15) is 22.3 Å². The molecule has 0 bridgehead atoms. The smallest absolute Gasteiger partial charge is 0.357 e. The molecule has 0 aliphatic carbocycles. The summed E-state index contributed by atoms with van der Waals surface area (Å²) >= 11 is -0.392. The highest BCUT2D eigenvalue weighted by molar-refractivity contribution is 5.39. The Morgan fingerprint density at radius 2 is 1.03 bits per heavy atom. The van der Waals surface area contributed by atoms with Gasteiger partial charge in [0, 0.05) is 48.5 Å². The lowest BCUT2D eigenvalue weighted by Crippen LogP contribution is -3.61. The van der Waals surface area contributed by atoms with Gasteiger partial charge in [-0.05, 0) is 47.5 Å². The summed E-state index contributed by atoms with van der Waals surface area (Å²) in [4.78, 5) is 8.66. The standard InChI is InChI=1S/C28H28IN2O4/c1-32-25-9-7-23(15-21(25)13-19-5-11-27(34-3)30-17-19)29-24-8-10-26(33-2)22(16-24)14-20-6-12-28(35-4)31-18-20/h5-12,15-18H,13-14H2,1-4H3/q+1. The summed E-state index contributed by atoms with van der Waals surface area (Å²) in [6.07, 6.45) is 5.19. The molecule has 0 N–H and O–H groups in total. The predicted octanol–water partition coefficient (Wildman–Crippen LogP) is 1.82. The van der Waals surface area contributed by atoms with Gasteiger partial charge in [0.2, 0.25) is 11.8 Å². The van der Waals surface area contributed by atoms with Gasteiger partial charge in [0.15, 0.2) is 7.14 Å². The second-order valence-corrected chi connectivity index (χ2v) is 10.8. The average molecular weight is 583 g/mol. The molecule has 0 unspecified atom stereocenters. The average Bonchev–Trinajstić information content (AvgIpc) is 2.90. The number of methoxy groups -OCH3 is 4. The Morgan fingerprint density at radius 1 is 0.571 bits per heavy atom. The Labute approximate surface area is 216 Å². The van der Waals surface area contributed by atoms with Crippen LogP contribution in [0, 0.1) is 7.14 Å². The molecule has 35 heavy (non-hydrogen) atoms. The van der Waals surface area contributed by atoms with Gasteiger partial charge < -0.3 is 18.9 Å². The molecule has 180 valence electrons. The van der Waals surface area contributed by atoms with E-state index < -0.39 is 21.2 Å². The van der Waals surface area contributed by atoms with E-state index in [-0.39, 0.29) is 0 Å². The van der Waals surface area contributed by atoms with Crippen LogP contribution in [0.15, 0.2) is 73.1 Å². The van der Waals surface area contributed by atoms with Gasteiger partial charge in [-0.1, -0.05) is 12.1 Å². The second kappa shape index (κ2) is 11.9. The van der Waals surface area contributed by atoms with Gasteiger partial charge in [-0.2, -0.15) is 0 Å². The van der Waals surface area contributed by atoms with E-state index in [9.17, 15) is 0 Å². The molecule has 0 saturated carbocycles. The van der Waals surface area contributed by atoms with Gasteiger partial charge in [0.05, 0.1) is 28.4 Å². The van der Waals surface area contributed by atoms with Gasteiger partial charge in [0.25, 0.3) is 0 Å². The van der Waals surface area contributed by atoms with Crippen molar-refractivity contribution >= 4 is 0 Å². The Balaban J connectivity index is 1.55. The van der Waals surface area contributed by atoms with Crippen LogP contribution in [-0.2, 0) is 12.8 Å². The molecule has 0 atom stereocenters. The van der Waals surface area contributed by atoms with Gasteiger partial charge in [-0.25, -0.2) is 9.97 Å². The molecule has 0 fully saturated rings. The number of rotatable bonds is 10. The highest BCUT2D eigenvalue weighted by Gasteiger charge is 2.20. The third-order valence-corrected chi connectivity index (χ3v) is 8.09. The van der Waals surface area contributed by atoms with Crippen LogP contribution in [0.2, 0.25) is 0 Å². The number of ether oxygens (including phenoxy) is 4. The third-order valence-electron chi connectivity index (χ3n) is 5.51. The Hall–Kier alpha value is -3.33. The number of aromatic nitrogens is 2. The van der Waals surface area contributed by atoms with E-state index in [4.69, 9.17) is 18.9 Å². The van der Waals surface area contributed by atoms with Crippen molar-refractivity contribution < 1.29 is 40.2 Å². The number of nitrogens with zero attached hydrogens (tertiary/aromatic N) is 2. The molecule has 2 aromatic carbocycles. The van der Waals surface area contributed by atoms with E-state index in [0.717, 1.165) is 46.6 Å².